The Kier molecular flexibility index (Phi) is 2.62. The van der Waals surface area contributed by atoms with Gasteiger partial charge in [0.1, 0.15) is 10.0 Å². The minimum Gasteiger partial charge on any atom is -0.355 e. The topological polar surface area (TPSA) is 62.2 Å². The molecule has 0 bridgehead atoms. The first-order valence-corrected chi connectivity index (χ1v) is 5.42. The van der Waals surface area contributed by atoms with E-state index >= 15 is 0 Å². The first kappa shape index (κ1) is 9.39. The van der Waals surface area contributed by atoms with Crippen molar-refractivity contribution in [2.24, 2.45) is 4.99 Å². The van der Waals surface area contributed by atoms with Crippen molar-refractivity contribution in [3.63, 3.8) is 0 Å². The summed E-state index contributed by atoms with van der Waals surface area (Å²) in [5.41, 5.74) is 0. The number of aryl methyl sites for hydroxylation is 1. The van der Waals surface area contributed by atoms with E-state index in [1.165, 1.54) is 0 Å². The van der Waals surface area contributed by atoms with E-state index in [2.05, 4.69) is 32.7 Å². The smallest absolute Gasteiger partial charge is 0.191 e. The van der Waals surface area contributed by atoms with Crippen molar-refractivity contribution < 1.29 is 0 Å². The summed E-state index contributed by atoms with van der Waals surface area (Å²) in [5, 5.41) is 16.5. The molecule has 1 aromatic heterocycles. The van der Waals surface area contributed by atoms with Crippen molar-refractivity contribution in [1.82, 2.24) is 20.8 Å². The van der Waals surface area contributed by atoms with Gasteiger partial charge in [0.05, 0.1) is 12.6 Å². The minimum absolute atomic E-state index is 0.172. The average molecular weight is 211 g/mol. The number of hydrogen-bond acceptors (Lipinski definition) is 6. The Morgan fingerprint density at radius 2 is 2.36 bits per heavy atom. The molecule has 1 aliphatic heterocycles. The van der Waals surface area contributed by atoms with Crippen LogP contribution in [0.3, 0.4) is 0 Å². The Balaban J connectivity index is 1.98. The van der Waals surface area contributed by atoms with Crippen LogP contribution in [0.4, 0.5) is 0 Å². The lowest BCUT2D eigenvalue weighted by Crippen LogP contribution is -2.35. The molecule has 2 rings (SSSR count). The Morgan fingerprint density at radius 3 is 2.93 bits per heavy atom. The standard InChI is InChI=1S/C8H13N5S/c1-5(7-13-12-6(2)14-7)11-8-9-3-4-10-8/h5H,3-4H2,1-2H3,(H2,9,10,11). The number of guanidine groups is 1. The molecule has 0 radical (unpaired) electrons. The van der Waals surface area contributed by atoms with E-state index < -0.39 is 0 Å². The van der Waals surface area contributed by atoms with Crippen LogP contribution in [0.1, 0.15) is 23.0 Å². The zero-order chi connectivity index (χ0) is 9.97. The van der Waals surface area contributed by atoms with Gasteiger partial charge in [0, 0.05) is 6.54 Å². The Morgan fingerprint density at radius 1 is 1.50 bits per heavy atom. The van der Waals surface area contributed by atoms with E-state index in [-0.39, 0.29) is 6.04 Å². The molecule has 2 heterocycles. The molecule has 14 heavy (non-hydrogen) atoms. The van der Waals surface area contributed by atoms with Gasteiger partial charge in [0.25, 0.3) is 0 Å². The van der Waals surface area contributed by atoms with Crippen molar-refractivity contribution in [3.05, 3.63) is 10.0 Å². The van der Waals surface area contributed by atoms with E-state index in [0.29, 0.717) is 0 Å². The summed E-state index contributed by atoms with van der Waals surface area (Å²) in [5.74, 6) is 0.866. The lowest BCUT2D eigenvalue weighted by molar-refractivity contribution is 0.686. The van der Waals surface area contributed by atoms with E-state index in [4.69, 9.17) is 0 Å². The Labute approximate surface area is 86.7 Å². The molecule has 1 atom stereocenters. The molecule has 0 saturated carbocycles. The molecular formula is C8H13N5S. The number of rotatable bonds is 2. The van der Waals surface area contributed by atoms with E-state index in [1.54, 1.807) is 11.3 Å². The molecule has 0 spiro atoms. The molecule has 1 unspecified atom stereocenters. The quantitative estimate of drug-likeness (QED) is 0.746. The minimum atomic E-state index is 0.172. The number of nitrogens with zero attached hydrogens (tertiary/aromatic N) is 3. The van der Waals surface area contributed by atoms with E-state index in [9.17, 15) is 0 Å². The van der Waals surface area contributed by atoms with Gasteiger partial charge in [-0.15, -0.1) is 10.2 Å². The van der Waals surface area contributed by atoms with Crippen molar-refractivity contribution in [1.29, 1.82) is 0 Å². The number of aliphatic imine (C=N–C) groups is 1. The van der Waals surface area contributed by atoms with Crippen molar-refractivity contribution in [3.8, 4) is 0 Å². The second kappa shape index (κ2) is 3.91. The summed E-state index contributed by atoms with van der Waals surface area (Å²) >= 11 is 1.61. The van der Waals surface area contributed by atoms with E-state index in [0.717, 1.165) is 29.1 Å². The molecule has 0 aliphatic carbocycles. The second-order valence-corrected chi connectivity index (χ2v) is 4.40. The number of hydrogen-bond donors (Lipinski definition) is 2. The highest BCUT2D eigenvalue weighted by molar-refractivity contribution is 7.11. The summed E-state index contributed by atoms with van der Waals surface area (Å²) in [7, 11) is 0. The predicted molar refractivity (Wildman–Crippen MR) is 56.5 cm³/mol. The van der Waals surface area contributed by atoms with Crippen LogP contribution in [0.5, 0.6) is 0 Å². The molecule has 5 nitrogen and oxygen atoms in total. The molecule has 2 N–H and O–H groups in total. The largest absolute Gasteiger partial charge is 0.355 e. The van der Waals surface area contributed by atoms with Gasteiger partial charge in [0.2, 0.25) is 0 Å². The molecule has 76 valence electrons. The maximum Gasteiger partial charge on any atom is 0.191 e. The fraction of sp³-hybridized carbons (Fsp3) is 0.625. The third kappa shape index (κ3) is 2.01. The van der Waals surface area contributed by atoms with Gasteiger partial charge in [-0.1, -0.05) is 11.3 Å². The van der Waals surface area contributed by atoms with Crippen LogP contribution < -0.4 is 10.6 Å². The second-order valence-electron chi connectivity index (χ2n) is 3.18. The van der Waals surface area contributed by atoms with Crippen LogP contribution in [0, 0.1) is 6.92 Å². The fourth-order valence-electron chi connectivity index (χ4n) is 1.25. The van der Waals surface area contributed by atoms with Crippen LogP contribution in [-0.2, 0) is 0 Å². The first-order valence-electron chi connectivity index (χ1n) is 4.60. The third-order valence-corrected chi connectivity index (χ3v) is 2.96. The highest BCUT2D eigenvalue weighted by Crippen LogP contribution is 2.16. The van der Waals surface area contributed by atoms with Gasteiger partial charge < -0.3 is 10.6 Å². The van der Waals surface area contributed by atoms with Gasteiger partial charge in [-0.25, -0.2) is 0 Å². The third-order valence-electron chi connectivity index (χ3n) is 1.94. The summed E-state index contributed by atoms with van der Waals surface area (Å²) in [6.45, 7) is 5.79. The molecule has 0 aromatic carbocycles. The van der Waals surface area contributed by atoms with E-state index in [1.807, 2.05) is 6.92 Å². The van der Waals surface area contributed by atoms with Crippen LogP contribution in [0.15, 0.2) is 4.99 Å². The summed E-state index contributed by atoms with van der Waals surface area (Å²) in [6.07, 6.45) is 0. The van der Waals surface area contributed by atoms with Crippen LogP contribution in [0.25, 0.3) is 0 Å². The maximum absolute atomic E-state index is 4.26. The van der Waals surface area contributed by atoms with Crippen LogP contribution in [0.2, 0.25) is 0 Å². The van der Waals surface area contributed by atoms with Crippen LogP contribution in [-0.4, -0.2) is 29.2 Å². The fourth-order valence-corrected chi connectivity index (χ4v) is 1.95. The summed E-state index contributed by atoms with van der Waals surface area (Å²) in [6, 6.07) is 0.172. The van der Waals surface area contributed by atoms with Gasteiger partial charge in [0.15, 0.2) is 5.96 Å². The normalized spacial score (nSPS) is 17.4. The zero-order valence-corrected chi connectivity index (χ0v) is 9.06. The Hall–Kier alpha value is -1.17. The van der Waals surface area contributed by atoms with Crippen molar-refractivity contribution in [2.45, 2.75) is 19.9 Å². The molecule has 0 fully saturated rings. The van der Waals surface area contributed by atoms with Gasteiger partial charge in [-0.2, -0.15) is 0 Å². The van der Waals surface area contributed by atoms with Crippen molar-refractivity contribution >= 4 is 17.3 Å². The number of aromatic nitrogens is 2. The average Bonchev–Trinajstić information content (AvgIpc) is 2.75. The SMILES string of the molecule is Cc1nnc(C(C)NC2=NCCN2)s1. The van der Waals surface area contributed by atoms with Gasteiger partial charge in [-0.3, -0.25) is 4.99 Å². The molecular weight excluding hydrogens is 198 g/mol. The van der Waals surface area contributed by atoms with Gasteiger partial charge in [-0.05, 0) is 13.8 Å². The lowest BCUT2D eigenvalue weighted by atomic mass is 10.4. The molecule has 0 saturated heterocycles. The number of nitrogens with one attached hydrogen (secondary N) is 2. The monoisotopic (exact) mass is 211 g/mol. The summed E-state index contributed by atoms with van der Waals surface area (Å²) in [4.78, 5) is 4.26. The molecule has 1 aliphatic rings. The van der Waals surface area contributed by atoms with Gasteiger partial charge >= 0.3 is 0 Å². The maximum atomic E-state index is 4.26. The first-order chi connectivity index (χ1) is 6.75. The molecule has 0 amide bonds. The van der Waals surface area contributed by atoms with Crippen LogP contribution >= 0.6 is 11.3 Å². The lowest BCUT2D eigenvalue weighted by Gasteiger charge is -2.11. The summed E-state index contributed by atoms with van der Waals surface area (Å²) < 4.78 is 0. The van der Waals surface area contributed by atoms with Crippen molar-refractivity contribution in [2.75, 3.05) is 13.1 Å². The zero-order valence-electron chi connectivity index (χ0n) is 8.24. The Bertz CT molecular complexity index is 345. The highest BCUT2D eigenvalue weighted by Gasteiger charge is 2.13. The molecule has 1 aromatic rings. The highest BCUT2D eigenvalue weighted by atomic mass is 32.1. The predicted octanol–water partition coefficient (Wildman–Crippen LogP) is 0.456. The molecule has 6 heteroatoms.